The van der Waals surface area contributed by atoms with Gasteiger partial charge in [-0.1, -0.05) is 32.4 Å². The lowest BCUT2D eigenvalue weighted by molar-refractivity contribution is -0.118. The maximum absolute atomic E-state index is 12.2. The van der Waals surface area contributed by atoms with Gasteiger partial charge in [0, 0.05) is 13.1 Å². The first-order chi connectivity index (χ1) is 9.63. The van der Waals surface area contributed by atoms with E-state index < -0.39 is 6.04 Å². The average Bonchev–Trinajstić information content (AvgIpc) is 3.00. The van der Waals surface area contributed by atoms with E-state index in [4.69, 9.17) is 5.73 Å². The van der Waals surface area contributed by atoms with Crippen LogP contribution in [0.15, 0.2) is 24.3 Å². The highest BCUT2D eigenvalue weighted by molar-refractivity contribution is 5.97. The predicted octanol–water partition coefficient (Wildman–Crippen LogP) is 2.60. The summed E-state index contributed by atoms with van der Waals surface area (Å²) in [5, 5.41) is 3.00. The van der Waals surface area contributed by atoms with Crippen LogP contribution in [0.25, 0.3) is 0 Å². The fourth-order valence-corrected chi connectivity index (χ4v) is 2.54. The van der Waals surface area contributed by atoms with Crippen LogP contribution in [0.4, 0.5) is 11.4 Å². The number of nitrogens with two attached hydrogens (primary N) is 1. The molecule has 2 atom stereocenters. The van der Waals surface area contributed by atoms with E-state index >= 15 is 0 Å². The molecule has 0 aromatic heterocycles. The number of amides is 1. The first-order valence-corrected chi connectivity index (χ1v) is 7.54. The van der Waals surface area contributed by atoms with Crippen molar-refractivity contribution in [1.82, 2.24) is 0 Å². The second kappa shape index (κ2) is 6.75. The molecule has 110 valence electrons. The number of nitrogens with one attached hydrogen (secondary N) is 1. The maximum atomic E-state index is 12.2. The van der Waals surface area contributed by atoms with E-state index in [1.165, 1.54) is 12.8 Å². The maximum Gasteiger partial charge on any atom is 0.241 e. The van der Waals surface area contributed by atoms with E-state index in [1.807, 2.05) is 25.1 Å². The molecule has 1 fully saturated rings. The highest BCUT2D eigenvalue weighted by Crippen LogP contribution is 2.28. The lowest BCUT2D eigenvalue weighted by atomic mass is 9.99. The number of hydrogen-bond donors (Lipinski definition) is 2. The predicted molar refractivity (Wildman–Crippen MR) is 83.9 cm³/mol. The third-order valence-electron chi connectivity index (χ3n) is 4.17. The Bertz CT molecular complexity index is 455. The summed E-state index contributed by atoms with van der Waals surface area (Å²) in [6.45, 7) is 6.18. The summed E-state index contributed by atoms with van der Waals surface area (Å²) in [6, 6.07) is 7.53. The average molecular weight is 275 g/mol. The van der Waals surface area contributed by atoms with Crippen LogP contribution >= 0.6 is 0 Å². The minimum absolute atomic E-state index is 0.0917. The number of carbonyl (C=O) groups is 1. The number of carbonyl (C=O) groups excluding carboxylic acids is 1. The van der Waals surface area contributed by atoms with Crippen LogP contribution in [0, 0.1) is 5.92 Å². The molecule has 1 heterocycles. The molecule has 3 N–H and O–H groups in total. The first-order valence-electron chi connectivity index (χ1n) is 7.54. The molecule has 4 nitrogen and oxygen atoms in total. The van der Waals surface area contributed by atoms with Crippen molar-refractivity contribution < 1.29 is 4.79 Å². The topological polar surface area (TPSA) is 58.4 Å². The van der Waals surface area contributed by atoms with E-state index in [0.29, 0.717) is 0 Å². The van der Waals surface area contributed by atoms with Gasteiger partial charge in [0.05, 0.1) is 17.4 Å². The fraction of sp³-hybridized carbons (Fsp3) is 0.562. The van der Waals surface area contributed by atoms with Crippen LogP contribution in [-0.4, -0.2) is 25.0 Å². The zero-order chi connectivity index (χ0) is 14.5. The summed E-state index contributed by atoms with van der Waals surface area (Å²) in [5.74, 6) is 0.0972. The number of benzene rings is 1. The lowest BCUT2D eigenvalue weighted by Crippen LogP contribution is -2.40. The Labute approximate surface area is 121 Å². The van der Waals surface area contributed by atoms with Crippen molar-refractivity contribution in [3.05, 3.63) is 24.3 Å². The van der Waals surface area contributed by atoms with E-state index in [2.05, 4.69) is 23.2 Å². The van der Waals surface area contributed by atoms with Gasteiger partial charge in [0.25, 0.3) is 0 Å². The van der Waals surface area contributed by atoms with Gasteiger partial charge in [0.2, 0.25) is 5.91 Å². The van der Waals surface area contributed by atoms with Gasteiger partial charge >= 0.3 is 0 Å². The standard InChI is InChI=1S/C16H25N3O/c1-3-12(2)15(17)16(20)18-13-8-4-5-9-14(13)19-10-6-7-11-19/h4-5,8-9,12,15H,3,6-7,10-11,17H2,1-2H3,(H,18,20)/t12-,15-/m0/s1. The number of hydrogen-bond acceptors (Lipinski definition) is 3. The zero-order valence-corrected chi connectivity index (χ0v) is 12.4. The van der Waals surface area contributed by atoms with Crippen molar-refractivity contribution in [2.45, 2.75) is 39.2 Å². The smallest absolute Gasteiger partial charge is 0.241 e. The van der Waals surface area contributed by atoms with Crippen molar-refractivity contribution >= 4 is 17.3 Å². The number of para-hydroxylation sites is 2. The zero-order valence-electron chi connectivity index (χ0n) is 12.4. The Morgan fingerprint density at radius 2 is 2.00 bits per heavy atom. The van der Waals surface area contributed by atoms with Crippen molar-refractivity contribution in [3.8, 4) is 0 Å². The highest BCUT2D eigenvalue weighted by Gasteiger charge is 2.21. The minimum Gasteiger partial charge on any atom is -0.370 e. The number of anilines is 2. The Balaban J connectivity index is 2.11. The highest BCUT2D eigenvalue weighted by atomic mass is 16.2. The molecule has 4 heteroatoms. The monoisotopic (exact) mass is 275 g/mol. The summed E-state index contributed by atoms with van der Waals surface area (Å²) in [4.78, 5) is 14.5. The van der Waals surface area contributed by atoms with Gasteiger partial charge < -0.3 is 16.0 Å². The van der Waals surface area contributed by atoms with Crippen LogP contribution in [0.2, 0.25) is 0 Å². The summed E-state index contributed by atoms with van der Waals surface area (Å²) in [5.41, 5.74) is 7.98. The molecule has 1 aromatic rings. The molecule has 1 aromatic carbocycles. The van der Waals surface area contributed by atoms with E-state index in [9.17, 15) is 4.79 Å². The van der Waals surface area contributed by atoms with Crippen LogP contribution in [-0.2, 0) is 4.79 Å². The molecule has 0 spiro atoms. The van der Waals surface area contributed by atoms with Crippen molar-refractivity contribution in [1.29, 1.82) is 0 Å². The van der Waals surface area contributed by atoms with Crippen molar-refractivity contribution in [2.75, 3.05) is 23.3 Å². The molecule has 20 heavy (non-hydrogen) atoms. The van der Waals surface area contributed by atoms with E-state index in [0.717, 1.165) is 30.9 Å². The van der Waals surface area contributed by atoms with Gasteiger partial charge in [-0.05, 0) is 30.9 Å². The molecule has 2 rings (SSSR count). The third kappa shape index (κ3) is 3.31. The van der Waals surface area contributed by atoms with Crippen LogP contribution in [0.1, 0.15) is 33.1 Å². The molecule has 1 aliphatic heterocycles. The van der Waals surface area contributed by atoms with Gasteiger partial charge in [0.15, 0.2) is 0 Å². The van der Waals surface area contributed by atoms with E-state index in [-0.39, 0.29) is 11.8 Å². The number of rotatable bonds is 5. The summed E-state index contributed by atoms with van der Waals surface area (Å²) >= 11 is 0. The second-order valence-electron chi connectivity index (χ2n) is 5.61. The minimum atomic E-state index is -0.452. The second-order valence-corrected chi connectivity index (χ2v) is 5.61. The molecular weight excluding hydrogens is 250 g/mol. The van der Waals surface area contributed by atoms with Crippen molar-refractivity contribution in [3.63, 3.8) is 0 Å². The Morgan fingerprint density at radius 1 is 1.35 bits per heavy atom. The molecule has 1 amide bonds. The molecule has 0 unspecified atom stereocenters. The Hall–Kier alpha value is -1.55. The summed E-state index contributed by atoms with van der Waals surface area (Å²) in [6.07, 6.45) is 3.34. The van der Waals surface area contributed by atoms with Gasteiger partial charge in [-0.25, -0.2) is 0 Å². The third-order valence-corrected chi connectivity index (χ3v) is 4.17. The molecule has 1 aliphatic rings. The molecule has 0 radical (unpaired) electrons. The van der Waals surface area contributed by atoms with Gasteiger partial charge in [-0.3, -0.25) is 4.79 Å². The lowest BCUT2D eigenvalue weighted by Gasteiger charge is -2.23. The number of nitrogens with zero attached hydrogens (tertiary/aromatic N) is 1. The van der Waals surface area contributed by atoms with Crippen LogP contribution < -0.4 is 16.0 Å². The largest absolute Gasteiger partial charge is 0.370 e. The Kier molecular flexibility index (Phi) is 5.01. The Morgan fingerprint density at radius 3 is 2.65 bits per heavy atom. The SMILES string of the molecule is CC[C@H](C)[C@H](N)C(=O)Nc1ccccc1N1CCCC1. The molecular formula is C16H25N3O. The van der Waals surface area contributed by atoms with Crippen LogP contribution in [0.3, 0.4) is 0 Å². The van der Waals surface area contributed by atoms with E-state index in [1.54, 1.807) is 0 Å². The normalized spacial score (nSPS) is 17.9. The quantitative estimate of drug-likeness (QED) is 0.868. The fourth-order valence-electron chi connectivity index (χ4n) is 2.54. The molecule has 1 saturated heterocycles. The molecule has 0 bridgehead atoms. The van der Waals surface area contributed by atoms with Gasteiger partial charge in [-0.15, -0.1) is 0 Å². The van der Waals surface area contributed by atoms with Gasteiger partial charge in [-0.2, -0.15) is 0 Å². The molecule has 0 saturated carbocycles. The molecule has 0 aliphatic carbocycles. The van der Waals surface area contributed by atoms with Crippen LogP contribution in [0.5, 0.6) is 0 Å². The summed E-state index contributed by atoms with van der Waals surface area (Å²) < 4.78 is 0. The van der Waals surface area contributed by atoms with Crippen molar-refractivity contribution in [2.24, 2.45) is 11.7 Å². The first kappa shape index (κ1) is 14.9. The van der Waals surface area contributed by atoms with Gasteiger partial charge in [0.1, 0.15) is 0 Å². The summed E-state index contributed by atoms with van der Waals surface area (Å²) in [7, 11) is 0.